The second kappa shape index (κ2) is 9.70. The summed E-state index contributed by atoms with van der Waals surface area (Å²) in [7, 11) is 1.60. The standard InChI is InChI=1S/C21H28N2O3/c1-5-23(6-2)18-12-10-17(11-13-18)15-22-21(24)16(3)26-20-9-7-8-19(14-20)25-4/h7-14,16H,5-6,15H2,1-4H3,(H,22,24)/t16-/m1/s1. The summed E-state index contributed by atoms with van der Waals surface area (Å²) in [4.78, 5) is 14.6. The number of rotatable bonds is 9. The van der Waals surface area contributed by atoms with E-state index in [0.29, 0.717) is 18.0 Å². The van der Waals surface area contributed by atoms with E-state index in [-0.39, 0.29) is 5.91 Å². The molecule has 0 radical (unpaired) electrons. The van der Waals surface area contributed by atoms with Crippen molar-refractivity contribution < 1.29 is 14.3 Å². The number of nitrogens with zero attached hydrogens (tertiary/aromatic N) is 1. The highest BCUT2D eigenvalue weighted by molar-refractivity contribution is 5.80. The van der Waals surface area contributed by atoms with Crippen molar-refractivity contribution in [3.63, 3.8) is 0 Å². The Kier molecular flexibility index (Phi) is 7.33. The lowest BCUT2D eigenvalue weighted by Crippen LogP contribution is -2.35. The number of methoxy groups -OCH3 is 1. The van der Waals surface area contributed by atoms with Crippen molar-refractivity contribution in [2.75, 3.05) is 25.1 Å². The van der Waals surface area contributed by atoms with Gasteiger partial charge < -0.3 is 19.7 Å². The monoisotopic (exact) mass is 356 g/mol. The number of ether oxygens (including phenoxy) is 2. The highest BCUT2D eigenvalue weighted by Crippen LogP contribution is 2.20. The Bertz CT molecular complexity index is 697. The van der Waals surface area contributed by atoms with Crippen LogP contribution in [0.1, 0.15) is 26.3 Å². The molecule has 0 bridgehead atoms. The lowest BCUT2D eigenvalue weighted by Gasteiger charge is -2.21. The predicted octanol–water partition coefficient (Wildman–Crippen LogP) is 3.63. The number of carbonyl (C=O) groups is 1. The molecule has 0 aliphatic carbocycles. The first-order valence-electron chi connectivity index (χ1n) is 8.99. The van der Waals surface area contributed by atoms with Crippen LogP contribution in [0.2, 0.25) is 0 Å². The van der Waals surface area contributed by atoms with Crippen LogP contribution in [0.15, 0.2) is 48.5 Å². The maximum absolute atomic E-state index is 12.3. The molecule has 140 valence electrons. The van der Waals surface area contributed by atoms with Crippen molar-refractivity contribution >= 4 is 11.6 Å². The quantitative estimate of drug-likeness (QED) is 0.745. The molecular weight excluding hydrogens is 328 g/mol. The molecule has 0 aliphatic rings. The summed E-state index contributed by atoms with van der Waals surface area (Å²) in [6.45, 7) is 8.45. The van der Waals surface area contributed by atoms with E-state index in [9.17, 15) is 4.79 Å². The van der Waals surface area contributed by atoms with E-state index < -0.39 is 6.10 Å². The van der Waals surface area contributed by atoms with Crippen molar-refractivity contribution in [1.82, 2.24) is 5.32 Å². The van der Waals surface area contributed by atoms with Gasteiger partial charge in [0.2, 0.25) is 0 Å². The van der Waals surface area contributed by atoms with Crippen molar-refractivity contribution in [1.29, 1.82) is 0 Å². The lowest BCUT2D eigenvalue weighted by atomic mass is 10.2. The number of carbonyl (C=O) groups excluding carboxylic acids is 1. The number of hydrogen-bond donors (Lipinski definition) is 1. The van der Waals surface area contributed by atoms with Gasteiger partial charge in [-0.05, 0) is 50.6 Å². The van der Waals surface area contributed by atoms with Gasteiger partial charge in [0.05, 0.1) is 7.11 Å². The third-order valence-corrected chi connectivity index (χ3v) is 4.25. The first kappa shape index (κ1) is 19.6. The van der Waals surface area contributed by atoms with E-state index in [2.05, 4.69) is 36.2 Å². The number of benzene rings is 2. The van der Waals surface area contributed by atoms with Crippen LogP contribution in [-0.4, -0.2) is 32.2 Å². The summed E-state index contributed by atoms with van der Waals surface area (Å²) < 4.78 is 10.8. The molecule has 2 aromatic carbocycles. The highest BCUT2D eigenvalue weighted by Gasteiger charge is 2.14. The zero-order valence-electron chi connectivity index (χ0n) is 16.0. The molecule has 2 rings (SSSR count). The fraction of sp³-hybridized carbons (Fsp3) is 0.381. The van der Waals surface area contributed by atoms with E-state index in [0.717, 1.165) is 18.7 Å². The summed E-state index contributed by atoms with van der Waals surface area (Å²) in [5.41, 5.74) is 2.25. The van der Waals surface area contributed by atoms with E-state index in [1.54, 1.807) is 26.2 Å². The third-order valence-electron chi connectivity index (χ3n) is 4.25. The van der Waals surface area contributed by atoms with Gasteiger partial charge in [0.15, 0.2) is 6.10 Å². The first-order chi connectivity index (χ1) is 12.6. The molecule has 0 aromatic heterocycles. The minimum absolute atomic E-state index is 0.152. The van der Waals surface area contributed by atoms with Gasteiger partial charge in [-0.25, -0.2) is 0 Å². The third kappa shape index (κ3) is 5.41. The number of amides is 1. The molecule has 0 spiro atoms. The predicted molar refractivity (Wildman–Crippen MR) is 105 cm³/mol. The van der Waals surface area contributed by atoms with Gasteiger partial charge in [0, 0.05) is 31.4 Å². The van der Waals surface area contributed by atoms with Crippen LogP contribution in [0.3, 0.4) is 0 Å². The second-order valence-corrected chi connectivity index (χ2v) is 6.00. The Labute approximate surface area is 155 Å². The van der Waals surface area contributed by atoms with Gasteiger partial charge in [-0.15, -0.1) is 0 Å². The summed E-state index contributed by atoms with van der Waals surface area (Å²) in [5, 5.41) is 2.92. The molecule has 1 amide bonds. The van der Waals surface area contributed by atoms with Gasteiger partial charge >= 0.3 is 0 Å². The highest BCUT2D eigenvalue weighted by atomic mass is 16.5. The van der Waals surface area contributed by atoms with Crippen molar-refractivity contribution in [3.8, 4) is 11.5 Å². The smallest absolute Gasteiger partial charge is 0.261 e. The first-order valence-corrected chi connectivity index (χ1v) is 8.99. The van der Waals surface area contributed by atoms with E-state index in [1.165, 1.54) is 5.69 Å². The molecule has 0 fully saturated rings. The fourth-order valence-electron chi connectivity index (χ4n) is 2.68. The molecular formula is C21H28N2O3. The van der Waals surface area contributed by atoms with Gasteiger partial charge in [-0.2, -0.15) is 0 Å². The molecule has 0 saturated heterocycles. The average Bonchev–Trinajstić information content (AvgIpc) is 2.68. The van der Waals surface area contributed by atoms with Crippen molar-refractivity contribution in [2.24, 2.45) is 0 Å². The molecule has 5 nitrogen and oxygen atoms in total. The molecule has 0 heterocycles. The topological polar surface area (TPSA) is 50.8 Å². The SMILES string of the molecule is CCN(CC)c1ccc(CNC(=O)[C@@H](C)Oc2cccc(OC)c2)cc1. The fourth-order valence-corrected chi connectivity index (χ4v) is 2.68. The van der Waals surface area contributed by atoms with E-state index in [4.69, 9.17) is 9.47 Å². The second-order valence-electron chi connectivity index (χ2n) is 6.00. The molecule has 1 N–H and O–H groups in total. The Morgan fingerprint density at radius 2 is 1.73 bits per heavy atom. The number of hydrogen-bond acceptors (Lipinski definition) is 4. The zero-order chi connectivity index (χ0) is 18.9. The Hall–Kier alpha value is -2.69. The van der Waals surface area contributed by atoms with Crippen LogP contribution < -0.4 is 19.7 Å². The summed E-state index contributed by atoms with van der Waals surface area (Å²) >= 11 is 0. The largest absolute Gasteiger partial charge is 0.497 e. The van der Waals surface area contributed by atoms with Crippen LogP contribution in [0.4, 0.5) is 5.69 Å². The summed E-state index contributed by atoms with van der Waals surface area (Å²) in [6.07, 6.45) is -0.586. The van der Waals surface area contributed by atoms with Crippen LogP contribution in [-0.2, 0) is 11.3 Å². The molecule has 5 heteroatoms. The Morgan fingerprint density at radius 3 is 2.35 bits per heavy atom. The van der Waals surface area contributed by atoms with Crippen molar-refractivity contribution in [2.45, 2.75) is 33.4 Å². The van der Waals surface area contributed by atoms with Gasteiger partial charge in [0.1, 0.15) is 11.5 Å². The zero-order valence-corrected chi connectivity index (χ0v) is 16.0. The lowest BCUT2D eigenvalue weighted by molar-refractivity contribution is -0.127. The van der Waals surface area contributed by atoms with Crippen LogP contribution >= 0.6 is 0 Å². The van der Waals surface area contributed by atoms with Gasteiger partial charge in [0.25, 0.3) is 5.91 Å². The normalized spacial score (nSPS) is 11.5. The van der Waals surface area contributed by atoms with Crippen molar-refractivity contribution in [3.05, 3.63) is 54.1 Å². The molecule has 0 aliphatic heterocycles. The molecule has 0 saturated carbocycles. The minimum Gasteiger partial charge on any atom is -0.497 e. The summed E-state index contributed by atoms with van der Waals surface area (Å²) in [6, 6.07) is 15.5. The summed E-state index contributed by atoms with van der Waals surface area (Å²) in [5.74, 6) is 1.15. The van der Waals surface area contributed by atoms with E-state index >= 15 is 0 Å². The average molecular weight is 356 g/mol. The molecule has 0 unspecified atom stereocenters. The number of nitrogens with one attached hydrogen (secondary N) is 1. The van der Waals surface area contributed by atoms with Gasteiger partial charge in [-0.1, -0.05) is 18.2 Å². The van der Waals surface area contributed by atoms with Gasteiger partial charge in [-0.3, -0.25) is 4.79 Å². The molecule has 2 aromatic rings. The minimum atomic E-state index is -0.586. The Balaban J connectivity index is 1.87. The van der Waals surface area contributed by atoms with Crippen LogP contribution in [0.25, 0.3) is 0 Å². The molecule has 26 heavy (non-hydrogen) atoms. The molecule has 1 atom stereocenters. The maximum atomic E-state index is 12.3. The van der Waals surface area contributed by atoms with Crippen LogP contribution in [0, 0.1) is 0 Å². The van der Waals surface area contributed by atoms with E-state index in [1.807, 2.05) is 24.3 Å². The maximum Gasteiger partial charge on any atom is 0.261 e. The Morgan fingerprint density at radius 1 is 1.08 bits per heavy atom. The number of anilines is 1. The van der Waals surface area contributed by atoms with Crippen LogP contribution in [0.5, 0.6) is 11.5 Å².